The van der Waals surface area contributed by atoms with Crippen LogP contribution in [0.15, 0.2) is 12.1 Å². The molecule has 0 bridgehead atoms. The normalized spacial score (nSPS) is 11.3. The number of ketones is 1. The molecule has 0 aliphatic heterocycles. The Bertz CT molecular complexity index is 512. The number of unbranched alkanes of at least 4 members (excludes halogenated alkanes) is 2. The fraction of sp³-hybridized carbons (Fsp3) is 0.632. The first-order chi connectivity index (χ1) is 10.8. The van der Waals surface area contributed by atoms with Crippen LogP contribution < -0.4 is 4.74 Å². The second kappa shape index (κ2) is 9.92. The molecule has 2 nitrogen and oxygen atoms in total. The highest BCUT2D eigenvalue weighted by Gasteiger charge is 2.12. The first kappa shape index (κ1) is 20.0. The number of rotatable bonds is 10. The molecule has 1 aromatic rings. The molecule has 4 heteroatoms. The number of carbonyl (C=O) groups excluding carboxylic acids is 1. The van der Waals surface area contributed by atoms with E-state index in [0.717, 1.165) is 19.3 Å². The van der Waals surface area contributed by atoms with Gasteiger partial charge in [-0.25, -0.2) is 4.39 Å². The average molecular weight is 343 g/mol. The van der Waals surface area contributed by atoms with Gasteiger partial charge in [0.25, 0.3) is 0 Å². The van der Waals surface area contributed by atoms with Gasteiger partial charge in [0.1, 0.15) is 5.78 Å². The van der Waals surface area contributed by atoms with Crippen LogP contribution in [-0.2, 0) is 11.2 Å². The second-order valence-electron chi connectivity index (χ2n) is 6.76. The predicted octanol–water partition coefficient (Wildman–Crippen LogP) is 5.84. The summed E-state index contributed by atoms with van der Waals surface area (Å²) in [7, 11) is 0. The summed E-state index contributed by atoms with van der Waals surface area (Å²) in [6.07, 6.45) is 3.83. The Hall–Kier alpha value is -1.09. The van der Waals surface area contributed by atoms with Crippen molar-refractivity contribution in [2.45, 2.75) is 59.8 Å². The maximum atomic E-state index is 14.4. The van der Waals surface area contributed by atoms with E-state index in [2.05, 4.69) is 0 Å². The van der Waals surface area contributed by atoms with E-state index in [9.17, 15) is 9.18 Å². The van der Waals surface area contributed by atoms with Crippen molar-refractivity contribution >= 4 is 17.4 Å². The van der Waals surface area contributed by atoms with E-state index in [1.807, 2.05) is 27.7 Å². The average Bonchev–Trinajstić information content (AvgIpc) is 2.47. The van der Waals surface area contributed by atoms with Crippen molar-refractivity contribution in [2.24, 2.45) is 11.8 Å². The topological polar surface area (TPSA) is 26.3 Å². The molecule has 0 aliphatic rings. The Labute approximate surface area is 144 Å². The van der Waals surface area contributed by atoms with Crippen molar-refractivity contribution in [1.82, 2.24) is 0 Å². The molecule has 1 rings (SSSR count). The van der Waals surface area contributed by atoms with Gasteiger partial charge in [0.15, 0.2) is 11.6 Å². The second-order valence-corrected chi connectivity index (χ2v) is 7.20. The molecule has 0 spiro atoms. The number of aryl methyl sites for hydroxylation is 1. The maximum Gasteiger partial charge on any atom is 0.168 e. The Morgan fingerprint density at radius 3 is 2.48 bits per heavy atom. The van der Waals surface area contributed by atoms with Crippen LogP contribution in [0, 0.1) is 17.7 Å². The van der Waals surface area contributed by atoms with E-state index in [1.165, 1.54) is 6.07 Å². The number of benzene rings is 1. The molecule has 0 aliphatic carbocycles. The lowest BCUT2D eigenvalue weighted by molar-refractivity contribution is -0.122. The summed E-state index contributed by atoms with van der Waals surface area (Å²) in [4.78, 5) is 11.6. The molecule has 0 heterocycles. The van der Waals surface area contributed by atoms with Crippen LogP contribution in [0.3, 0.4) is 0 Å². The molecule has 0 aromatic heterocycles. The van der Waals surface area contributed by atoms with Gasteiger partial charge >= 0.3 is 0 Å². The third-order valence-electron chi connectivity index (χ3n) is 3.66. The van der Waals surface area contributed by atoms with Crippen LogP contribution in [0.5, 0.6) is 5.75 Å². The highest BCUT2D eigenvalue weighted by atomic mass is 35.5. The number of halogens is 2. The number of hydrogen-bond donors (Lipinski definition) is 0. The molecule has 0 atom stereocenters. The van der Waals surface area contributed by atoms with E-state index >= 15 is 0 Å². The minimum absolute atomic E-state index is 0.0982. The minimum atomic E-state index is -0.312. The van der Waals surface area contributed by atoms with Crippen LogP contribution in [0.1, 0.15) is 58.9 Å². The Balaban J connectivity index is 2.51. The van der Waals surface area contributed by atoms with Crippen molar-refractivity contribution in [3.05, 3.63) is 28.5 Å². The van der Waals surface area contributed by atoms with Gasteiger partial charge in [0.2, 0.25) is 0 Å². The van der Waals surface area contributed by atoms with Gasteiger partial charge in [-0.05, 0) is 36.8 Å². The van der Waals surface area contributed by atoms with Crippen LogP contribution in [0.4, 0.5) is 4.39 Å². The van der Waals surface area contributed by atoms with Gasteiger partial charge in [-0.15, -0.1) is 0 Å². The molecule has 1 aromatic carbocycles. The van der Waals surface area contributed by atoms with Gasteiger partial charge in [-0.2, -0.15) is 0 Å². The zero-order valence-corrected chi connectivity index (χ0v) is 15.4. The van der Waals surface area contributed by atoms with E-state index in [4.69, 9.17) is 16.3 Å². The molecule has 0 radical (unpaired) electrons. The molecule has 0 fully saturated rings. The minimum Gasteiger partial charge on any atom is -0.490 e. The summed E-state index contributed by atoms with van der Waals surface area (Å²) in [5.74, 6) is 0.643. The molecule has 0 saturated carbocycles. The van der Waals surface area contributed by atoms with Crippen molar-refractivity contribution in [3.63, 3.8) is 0 Å². The first-order valence-corrected chi connectivity index (χ1v) is 8.82. The molecular formula is C19H28ClFO2. The van der Waals surface area contributed by atoms with Crippen molar-refractivity contribution in [2.75, 3.05) is 6.61 Å². The fourth-order valence-electron chi connectivity index (χ4n) is 2.24. The lowest BCUT2D eigenvalue weighted by Gasteiger charge is -2.13. The third kappa shape index (κ3) is 7.34. The van der Waals surface area contributed by atoms with E-state index < -0.39 is 0 Å². The number of ether oxygens (including phenoxy) is 1. The number of Topliss-reactive ketones (excluding diaryl/α,β-unsaturated/α-hetero) is 1. The number of carbonyl (C=O) groups is 1. The first-order valence-electron chi connectivity index (χ1n) is 8.44. The maximum absolute atomic E-state index is 14.4. The summed E-state index contributed by atoms with van der Waals surface area (Å²) < 4.78 is 19.9. The third-order valence-corrected chi connectivity index (χ3v) is 3.88. The van der Waals surface area contributed by atoms with Crippen molar-refractivity contribution in [3.8, 4) is 5.75 Å². The summed E-state index contributed by atoms with van der Waals surface area (Å²) >= 11 is 6.06. The molecule has 0 saturated heterocycles. The molecule has 23 heavy (non-hydrogen) atoms. The Morgan fingerprint density at radius 2 is 1.87 bits per heavy atom. The van der Waals surface area contributed by atoms with Crippen LogP contribution in [0.2, 0.25) is 5.02 Å². The zero-order chi connectivity index (χ0) is 17.4. The van der Waals surface area contributed by atoms with E-state index in [0.29, 0.717) is 41.7 Å². The van der Waals surface area contributed by atoms with Gasteiger partial charge in [0, 0.05) is 23.4 Å². The highest BCUT2D eigenvalue weighted by Crippen LogP contribution is 2.27. The lowest BCUT2D eigenvalue weighted by atomic mass is 10.0. The lowest BCUT2D eigenvalue weighted by Crippen LogP contribution is -2.07. The summed E-state index contributed by atoms with van der Waals surface area (Å²) in [6, 6.07) is 3.20. The van der Waals surface area contributed by atoms with Gasteiger partial charge in [0.05, 0.1) is 6.61 Å². The quantitative estimate of drug-likeness (QED) is 0.499. The standard InChI is InChI=1S/C19H28ClFO2/c1-13(2)12-23-18-11-16(20)10-15(19(18)21)8-6-5-7-9-17(22)14(3)4/h10-11,13-14H,5-9,12H2,1-4H3. The summed E-state index contributed by atoms with van der Waals surface area (Å²) in [6.45, 7) is 8.34. The van der Waals surface area contributed by atoms with Crippen LogP contribution >= 0.6 is 11.6 Å². The largest absolute Gasteiger partial charge is 0.490 e. The smallest absolute Gasteiger partial charge is 0.168 e. The molecule has 130 valence electrons. The zero-order valence-electron chi connectivity index (χ0n) is 14.6. The van der Waals surface area contributed by atoms with E-state index in [1.54, 1.807) is 6.07 Å². The number of hydrogen-bond acceptors (Lipinski definition) is 2. The predicted molar refractivity (Wildman–Crippen MR) is 93.8 cm³/mol. The SMILES string of the molecule is CC(C)COc1cc(Cl)cc(CCCCCC(=O)C(C)C)c1F. The summed E-state index contributed by atoms with van der Waals surface area (Å²) in [5, 5.41) is 0.496. The van der Waals surface area contributed by atoms with Gasteiger partial charge < -0.3 is 4.74 Å². The van der Waals surface area contributed by atoms with Crippen molar-refractivity contribution < 1.29 is 13.9 Å². The summed E-state index contributed by atoms with van der Waals surface area (Å²) in [5.41, 5.74) is 0.589. The Morgan fingerprint density at radius 1 is 1.17 bits per heavy atom. The van der Waals surface area contributed by atoms with Crippen LogP contribution in [-0.4, -0.2) is 12.4 Å². The van der Waals surface area contributed by atoms with Crippen LogP contribution in [0.25, 0.3) is 0 Å². The fourth-order valence-corrected chi connectivity index (χ4v) is 2.47. The van der Waals surface area contributed by atoms with Gasteiger partial charge in [-0.1, -0.05) is 45.7 Å². The molecule has 0 amide bonds. The highest BCUT2D eigenvalue weighted by molar-refractivity contribution is 6.30. The monoisotopic (exact) mass is 342 g/mol. The van der Waals surface area contributed by atoms with Crippen molar-refractivity contribution in [1.29, 1.82) is 0 Å². The molecule has 0 N–H and O–H groups in total. The van der Waals surface area contributed by atoms with Gasteiger partial charge in [-0.3, -0.25) is 4.79 Å². The molecular weight excluding hydrogens is 315 g/mol. The van der Waals surface area contributed by atoms with E-state index in [-0.39, 0.29) is 17.5 Å². The Kier molecular flexibility index (Phi) is 8.60. The molecule has 0 unspecified atom stereocenters.